The van der Waals surface area contributed by atoms with Crippen molar-refractivity contribution in [3.05, 3.63) is 62.6 Å². The molecule has 0 unspecified atom stereocenters. The van der Waals surface area contributed by atoms with Crippen molar-refractivity contribution in [3.63, 3.8) is 0 Å². The molecule has 0 saturated carbocycles. The van der Waals surface area contributed by atoms with E-state index in [0.717, 1.165) is 27.0 Å². The lowest BCUT2D eigenvalue weighted by Gasteiger charge is -2.13. The highest BCUT2D eigenvalue weighted by Gasteiger charge is 2.16. The summed E-state index contributed by atoms with van der Waals surface area (Å²) in [6.45, 7) is 4.38. The van der Waals surface area contributed by atoms with Gasteiger partial charge < -0.3 is 14.6 Å². The normalized spacial score (nSPS) is 11.7. The highest BCUT2D eigenvalue weighted by Crippen LogP contribution is 2.26. The molecule has 0 spiro atoms. The molecule has 1 aromatic carbocycles. The van der Waals surface area contributed by atoms with Crippen molar-refractivity contribution >= 4 is 22.6 Å². The Hall–Kier alpha value is -3.62. The minimum Gasteiger partial charge on any atom is -0.497 e. The van der Waals surface area contributed by atoms with Gasteiger partial charge in [0.15, 0.2) is 11.2 Å². The highest BCUT2D eigenvalue weighted by molar-refractivity contribution is 5.79. The van der Waals surface area contributed by atoms with Gasteiger partial charge in [-0.25, -0.2) is 9.78 Å². The second kappa shape index (κ2) is 9.03. The van der Waals surface area contributed by atoms with Gasteiger partial charge in [0.25, 0.3) is 5.56 Å². The van der Waals surface area contributed by atoms with Crippen molar-refractivity contribution in [3.8, 4) is 5.75 Å². The molecule has 0 radical (unpaired) electrons. The van der Waals surface area contributed by atoms with E-state index in [2.05, 4.69) is 10.3 Å². The Morgan fingerprint density at radius 1 is 1.23 bits per heavy atom. The Morgan fingerprint density at radius 3 is 2.65 bits per heavy atom. The van der Waals surface area contributed by atoms with Crippen LogP contribution < -0.4 is 21.3 Å². The van der Waals surface area contributed by atoms with E-state index >= 15 is 0 Å². The van der Waals surface area contributed by atoms with Gasteiger partial charge in [-0.15, -0.1) is 0 Å². The van der Waals surface area contributed by atoms with Crippen LogP contribution >= 0.6 is 0 Å². The third-order valence-corrected chi connectivity index (χ3v) is 5.39. The third-order valence-electron chi connectivity index (χ3n) is 5.39. The summed E-state index contributed by atoms with van der Waals surface area (Å²) in [5.74, 6) is 0.542. The maximum atomic E-state index is 12.5. The summed E-state index contributed by atoms with van der Waals surface area (Å²) in [6, 6.07) is 5.92. The first-order valence-corrected chi connectivity index (χ1v) is 9.96. The first-order valence-electron chi connectivity index (χ1n) is 9.96. The van der Waals surface area contributed by atoms with Crippen molar-refractivity contribution in [2.45, 2.75) is 26.8 Å². The fourth-order valence-corrected chi connectivity index (χ4v) is 3.57. The summed E-state index contributed by atoms with van der Waals surface area (Å²) in [5, 5.41) is 2.89. The number of hydrogen-bond acceptors (Lipinski definition) is 5. The number of methoxy groups -OCH3 is 1. The molecular formula is C22H27N5O4. The van der Waals surface area contributed by atoms with Crippen molar-refractivity contribution in [1.82, 2.24) is 24.0 Å². The van der Waals surface area contributed by atoms with Gasteiger partial charge in [0.1, 0.15) is 12.3 Å². The molecule has 2 aromatic heterocycles. The number of carbonyl (C=O) groups is 1. The molecule has 0 aliphatic rings. The van der Waals surface area contributed by atoms with Crippen LogP contribution in [0.1, 0.15) is 24.5 Å². The van der Waals surface area contributed by atoms with Crippen LogP contribution in [-0.2, 0) is 25.4 Å². The molecule has 0 aliphatic heterocycles. The summed E-state index contributed by atoms with van der Waals surface area (Å²) in [6.07, 6.45) is 4.08. The molecule has 1 amide bonds. The molecule has 0 atom stereocenters. The fraction of sp³-hybridized carbons (Fsp3) is 0.364. The number of allylic oxidation sites excluding steroid dienone is 1. The maximum Gasteiger partial charge on any atom is 0.332 e. The molecule has 0 aliphatic carbocycles. The molecule has 0 saturated heterocycles. The highest BCUT2D eigenvalue weighted by atomic mass is 16.5. The predicted octanol–water partition coefficient (Wildman–Crippen LogP) is 1.36. The van der Waals surface area contributed by atoms with Crippen LogP contribution in [0.5, 0.6) is 5.75 Å². The number of amides is 1. The molecule has 0 fully saturated rings. The molecule has 9 nitrogen and oxygen atoms in total. The second-order valence-electron chi connectivity index (χ2n) is 7.35. The molecule has 1 N–H and O–H groups in total. The van der Waals surface area contributed by atoms with Gasteiger partial charge >= 0.3 is 5.69 Å². The summed E-state index contributed by atoms with van der Waals surface area (Å²) in [7, 11) is 4.58. The number of carbonyl (C=O) groups excluding carboxylic acids is 1. The quantitative estimate of drug-likeness (QED) is 0.616. The molecular weight excluding hydrogens is 398 g/mol. The topological polar surface area (TPSA) is 100 Å². The van der Waals surface area contributed by atoms with Gasteiger partial charge in [0, 0.05) is 20.6 Å². The molecule has 3 aromatic rings. The number of benzene rings is 1. The lowest BCUT2D eigenvalue weighted by molar-refractivity contribution is -0.121. The van der Waals surface area contributed by atoms with Gasteiger partial charge in [-0.3, -0.25) is 18.7 Å². The van der Waals surface area contributed by atoms with Gasteiger partial charge in [-0.05, 0) is 49.1 Å². The maximum absolute atomic E-state index is 12.5. The van der Waals surface area contributed by atoms with Crippen molar-refractivity contribution in [2.75, 3.05) is 13.7 Å². The van der Waals surface area contributed by atoms with Crippen LogP contribution in [0.25, 0.3) is 16.7 Å². The molecule has 0 bridgehead atoms. The number of nitrogens with zero attached hydrogens (tertiary/aromatic N) is 4. The molecule has 9 heteroatoms. The molecule has 3 rings (SSSR count). The van der Waals surface area contributed by atoms with Crippen LogP contribution in [-0.4, -0.2) is 38.2 Å². The number of aryl methyl sites for hydroxylation is 2. The van der Waals surface area contributed by atoms with Crippen molar-refractivity contribution in [1.29, 1.82) is 0 Å². The zero-order chi connectivity index (χ0) is 22.7. The Morgan fingerprint density at radius 2 is 1.97 bits per heavy atom. The van der Waals surface area contributed by atoms with Gasteiger partial charge in [-0.2, -0.15) is 0 Å². The number of hydrogen-bond donors (Lipinski definition) is 1. The summed E-state index contributed by atoms with van der Waals surface area (Å²) >= 11 is 0. The summed E-state index contributed by atoms with van der Waals surface area (Å²) in [5.41, 5.74) is 2.86. The number of aromatic nitrogens is 4. The van der Waals surface area contributed by atoms with E-state index in [0.29, 0.717) is 13.0 Å². The Bertz CT molecular complexity index is 1280. The van der Waals surface area contributed by atoms with Crippen LogP contribution in [0.3, 0.4) is 0 Å². The number of ether oxygens (including phenoxy) is 1. The van der Waals surface area contributed by atoms with E-state index in [4.69, 9.17) is 4.74 Å². The van der Waals surface area contributed by atoms with Crippen LogP contribution in [0, 0.1) is 6.92 Å². The SMILES string of the molecule is C/C=C(/CCNC(=O)Cn1cnc2c1c(=O)n(C)c(=O)n2C)c1cc(OC)ccc1C. The lowest BCUT2D eigenvalue weighted by Crippen LogP contribution is -2.38. The Kier molecular flexibility index (Phi) is 6.43. The largest absolute Gasteiger partial charge is 0.497 e. The Labute approximate surface area is 179 Å². The lowest BCUT2D eigenvalue weighted by atomic mass is 9.97. The summed E-state index contributed by atoms with van der Waals surface area (Å²) < 4.78 is 9.09. The van der Waals surface area contributed by atoms with Crippen molar-refractivity contribution < 1.29 is 9.53 Å². The van der Waals surface area contributed by atoms with E-state index in [1.54, 1.807) is 14.2 Å². The monoisotopic (exact) mass is 425 g/mol. The third kappa shape index (κ3) is 4.30. The van der Waals surface area contributed by atoms with Crippen molar-refractivity contribution in [2.24, 2.45) is 14.1 Å². The van der Waals surface area contributed by atoms with E-state index < -0.39 is 11.2 Å². The van der Waals surface area contributed by atoms with Gasteiger partial charge in [0.2, 0.25) is 5.91 Å². The average Bonchev–Trinajstić information content (AvgIpc) is 3.18. The van der Waals surface area contributed by atoms with Crippen LogP contribution in [0.4, 0.5) is 0 Å². The number of nitrogens with one attached hydrogen (secondary N) is 1. The predicted molar refractivity (Wildman–Crippen MR) is 119 cm³/mol. The standard InChI is InChI=1S/C22H27N5O4/c1-6-15(17-11-16(31-5)8-7-14(17)2)9-10-23-18(28)12-27-13-24-20-19(27)21(29)26(4)22(30)25(20)3/h6-8,11,13H,9-10,12H2,1-5H3,(H,23,28)/b15-6-. The molecule has 2 heterocycles. The minimum absolute atomic E-state index is 0.0622. The zero-order valence-corrected chi connectivity index (χ0v) is 18.4. The van der Waals surface area contributed by atoms with Crippen LogP contribution in [0.15, 0.2) is 40.2 Å². The minimum atomic E-state index is -0.479. The van der Waals surface area contributed by atoms with Crippen LogP contribution in [0.2, 0.25) is 0 Å². The first-order chi connectivity index (χ1) is 14.8. The molecule has 31 heavy (non-hydrogen) atoms. The smallest absolute Gasteiger partial charge is 0.332 e. The van der Waals surface area contributed by atoms with E-state index in [-0.39, 0.29) is 23.6 Å². The summed E-state index contributed by atoms with van der Waals surface area (Å²) in [4.78, 5) is 41.2. The zero-order valence-electron chi connectivity index (χ0n) is 18.4. The Balaban J connectivity index is 1.70. The first kappa shape index (κ1) is 22.1. The number of imidazole rings is 1. The fourth-order valence-electron chi connectivity index (χ4n) is 3.57. The van der Waals surface area contributed by atoms with E-state index in [1.807, 2.05) is 38.1 Å². The van der Waals surface area contributed by atoms with E-state index in [1.165, 1.54) is 22.5 Å². The van der Waals surface area contributed by atoms with Gasteiger partial charge in [0.05, 0.1) is 13.4 Å². The number of rotatable bonds is 7. The van der Waals surface area contributed by atoms with Gasteiger partial charge in [-0.1, -0.05) is 12.1 Å². The average molecular weight is 425 g/mol. The van der Waals surface area contributed by atoms with E-state index in [9.17, 15) is 14.4 Å². The second-order valence-corrected chi connectivity index (χ2v) is 7.35. The number of fused-ring (bicyclic) bond motifs is 1. The molecule has 164 valence electrons.